The molecule has 3 aromatic rings. The van der Waals surface area contributed by atoms with Gasteiger partial charge in [0, 0.05) is 25.6 Å². The average molecular weight is 407 g/mol. The number of methoxy groups -OCH3 is 2. The van der Waals surface area contributed by atoms with Gasteiger partial charge < -0.3 is 24.0 Å². The van der Waals surface area contributed by atoms with E-state index < -0.39 is 5.60 Å². The van der Waals surface area contributed by atoms with Crippen molar-refractivity contribution >= 4 is 5.82 Å². The van der Waals surface area contributed by atoms with Gasteiger partial charge in [-0.1, -0.05) is 23.1 Å². The minimum Gasteiger partial charge on any atom is -0.497 e. The Morgan fingerprint density at radius 1 is 1.23 bits per heavy atom. The van der Waals surface area contributed by atoms with Crippen LogP contribution in [0.1, 0.15) is 17.8 Å². The molecule has 1 unspecified atom stereocenters. The summed E-state index contributed by atoms with van der Waals surface area (Å²) in [5, 5.41) is 21.1. The lowest BCUT2D eigenvalue weighted by atomic mass is 10.0. The van der Waals surface area contributed by atoms with Gasteiger partial charge >= 0.3 is 0 Å². The Bertz CT molecular complexity index is 1070. The number of aliphatic hydroxyl groups is 1. The third kappa shape index (κ3) is 4.10. The Labute approximate surface area is 173 Å². The molecule has 154 valence electrons. The number of aromatic nitrogens is 4. The molecule has 3 heterocycles. The molecule has 1 N–H and O–H groups in total. The van der Waals surface area contributed by atoms with E-state index in [1.54, 1.807) is 20.3 Å². The first-order chi connectivity index (χ1) is 14.6. The Kier molecular flexibility index (Phi) is 5.61. The second-order valence-corrected chi connectivity index (χ2v) is 6.80. The van der Waals surface area contributed by atoms with Gasteiger partial charge in [0.1, 0.15) is 18.0 Å². The summed E-state index contributed by atoms with van der Waals surface area (Å²) in [6.07, 6.45) is 0.743. The molecule has 9 heteroatoms. The zero-order chi connectivity index (χ0) is 21.0. The van der Waals surface area contributed by atoms with Crippen molar-refractivity contribution in [2.45, 2.75) is 18.6 Å². The third-order valence-electron chi connectivity index (χ3n) is 4.93. The monoisotopic (exact) mass is 407 g/mol. The molecule has 0 bridgehead atoms. The van der Waals surface area contributed by atoms with Gasteiger partial charge in [0.2, 0.25) is 0 Å². The van der Waals surface area contributed by atoms with Crippen LogP contribution in [0, 0.1) is 11.8 Å². The van der Waals surface area contributed by atoms with Crippen molar-refractivity contribution in [1.29, 1.82) is 0 Å². The molecule has 0 saturated carbocycles. The van der Waals surface area contributed by atoms with Crippen LogP contribution in [0.25, 0.3) is 11.6 Å². The number of hydrogen-bond acceptors (Lipinski definition) is 9. The lowest BCUT2D eigenvalue weighted by Gasteiger charge is -2.22. The highest BCUT2D eigenvalue weighted by Crippen LogP contribution is 2.28. The van der Waals surface area contributed by atoms with Crippen molar-refractivity contribution in [3.63, 3.8) is 0 Å². The summed E-state index contributed by atoms with van der Waals surface area (Å²) in [6.45, 7) is 1.02. The van der Waals surface area contributed by atoms with Crippen molar-refractivity contribution in [2.24, 2.45) is 0 Å². The number of hydrogen-bond donors (Lipinski definition) is 1. The van der Waals surface area contributed by atoms with E-state index in [1.165, 1.54) is 0 Å². The zero-order valence-corrected chi connectivity index (χ0v) is 16.7. The Morgan fingerprint density at radius 2 is 2.13 bits per heavy atom. The van der Waals surface area contributed by atoms with Crippen LogP contribution in [-0.4, -0.2) is 58.4 Å². The van der Waals surface area contributed by atoms with Gasteiger partial charge in [-0.3, -0.25) is 0 Å². The second-order valence-electron chi connectivity index (χ2n) is 6.80. The summed E-state index contributed by atoms with van der Waals surface area (Å²) in [4.78, 5) is 6.11. The maximum Gasteiger partial charge on any atom is 0.278 e. The summed E-state index contributed by atoms with van der Waals surface area (Å²) >= 11 is 0. The predicted molar refractivity (Wildman–Crippen MR) is 108 cm³/mol. The van der Waals surface area contributed by atoms with Gasteiger partial charge in [-0.05, 0) is 30.3 Å². The van der Waals surface area contributed by atoms with Crippen LogP contribution in [0.3, 0.4) is 0 Å². The molecule has 4 rings (SSSR count). The van der Waals surface area contributed by atoms with Crippen molar-refractivity contribution in [2.75, 3.05) is 32.2 Å². The van der Waals surface area contributed by atoms with Crippen LogP contribution in [0.15, 0.2) is 40.9 Å². The summed E-state index contributed by atoms with van der Waals surface area (Å²) in [5.41, 5.74) is 0.725. The summed E-state index contributed by atoms with van der Waals surface area (Å²) in [6, 6.07) is 11.2. The van der Waals surface area contributed by atoms with E-state index in [1.807, 2.05) is 30.3 Å². The normalized spacial score (nSPS) is 18.2. The highest BCUT2D eigenvalue weighted by molar-refractivity contribution is 5.51. The SMILES string of the molecule is COc1cccc(C#CC2(OC)CCN(c3ccc(-c4nc(CO)no4)nn3)C2)c1. The number of anilines is 1. The average Bonchev–Trinajstić information content (AvgIpc) is 3.46. The third-order valence-corrected chi connectivity index (χ3v) is 4.93. The minimum absolute atomic E-state index is 0.204. The fraction of sp³-hybridized carbons (Fsp3) is 0.333. The summed E-state index contributed by atoms with van der Waals surface area (Å²) < 4.78 is 16.1. The lowest BCUT2D eigenvalue weighted by Crippen LogP contribution is -2.34. The molecule has 2 aromatic heterocycles. The molecule has 1 atom stereocenters. The highest BCUT2D eigenvalue weighted by Gasteiger charge is 2.37. The molecule has 1 aliphatic heterocycles. The smallest absolute Gasteiger partial charge is 0.278 e. The van der Waals surface area contributed by atoms with Crippen molar-refractivity contribution in [3.05, 3.63) is 47.8 Å². The minimum atomic E-state index is -0.591. The van der Waals surface area contributed by atoms with E-state index in [-0.39, 0.29) is 18.3 Å². The molecular formula is C21H21N5O4. The van der Waals surface area contributed by atoms with E-state index in [0.29, 0.717) is 18.1 Å². The first-order valence-electron chi connectivity index (χ1n) is 9.39. The standard InChI is InChI=1S/C21H21N5O4/c1-28-16-5-3-4-15(12-16)8-9-21(29-2)10-11-26(14-21)19-7-6-17(23-24-19)20-22-18(13-27)25-30-20/h3-7,12,27H,10-11,13-14H2,1-2H3. The predicted octanol–water partition coefficient (Wildman–Crippen LogP) is 1.67. The molecule has 1 fully saturated rings. The maximum absolute atomic E-state index is 9.04. The van der Waals surface area contributed by atoms with Crippen molar-refractivity contribution in [3.8, 4) is 29.2 Å². The molecule has 30 heavy (non-hydrogen) atoms. The number of ether oxygens (including phenoxy) is 2. The van der Waals surface area contributed by atoms with E-state index in [4.69, 9.17) is 19.1 Å². The molecule has 0 aliphatic carbocycles. The quantitative estimate of drug-likeness (QED) is 0.632. The largest absolute Gasteiger partial charge is 0.497 e. The van der Waals surface area contributed by atoms with Crippen LogP contribution >= 0.6 is 0 Å². The second kappa shape index (κ2) is 8.49. The van der Waals surface area contributed by atoms with E-state index in [0.717, 1.165) is 24.3 Å². The fourth-order valence-corrected chi connectivity index (χ4v) is 3.21. The fourth-order valence-electron chi connectivity index (χ4n) is 3.21. The Balaban J connectivity index is 1.49. The molecule has 0 amide bonds. The number of aliphatic hydroxyl groups excluding tert-OH is 1. The van der Waals surface area contributed by atoms with Crippen molar-refractivity contribution < 1.29 is 19.1 Å². The van der Waals surface area contributed by atoms with E-state index >= 15 is 0 Å². The van der Waals surface area contributed by atoms with Crippen LogP contribution in [0.4, 0.5) is 5.82 Å². The van der Waals surface area contributed by atoms with Crippen LogP contribution in [0.2, 0.25) is 0 Å². The van der Waals surface area contributed by atoms with Crippen molar-refractivity contribution in [1.82, 2.24) is 20.3 Å². The Morgan fingerprint density at radius 3 is 2.83 bits per heavy atom. The molecule has 0 radical (unpaired) electrons. The zero-order valence-electron chi connectivity index (χ0n) is 16.7. The number of rotatable bonds is 5. The van der Waals surface area contributed by atoms with Gasteiger partial charge in [0.25, 0.3) is 5.89 Å². The first kappa shape index (κ1) is 19.8. The summed E-state index contributed by atoms with van der Waals surface area (Å²) in [5.74, 6) is 8.38. The van der Waals surface area contributed by atoms with E-state index in [2.05, 4.69) is 37.1 Å². The topological polar surface area (TPSA) is 107 Å². The molecular weight excluding hydrogens is 386 g/mol. The molecule has 9 nitrogen and oxygen atoms in total. The molecule has 1 aromatic carbocycles. The van der Waals surface area contributed by atoms with Crippen LogP contribution < -0.4 is 9.64 Å². The van der Waals surface area contributed by atoms with Gasteiger partial charge in [-0.15, -0.1) is 10.2 Å². The maximum atomic E-state index is 9.04. The molecule has 1 aliphatic rings. The van der Waals surface area contributed by atoms with Gasteiger partial charge in [-0.2, -0.15) is 4.98 Å². The Hall–Kier alpha value is -3.48. The van der Waals surface area contributed by atoms with Gasteiger partial charge in [0.05, 0.1) is 13.7 Å². The van der Waals surface area contributed by atoms with Gasteiger partial charge in [0.15, 0.2) is 17.3 Å². The lowest BCUT2D eigenvalue weighted by molar-refractivity contribution is 0.0602. The highest BCUT2D eigenvalue weighted by atomic mass is 16.5. The number of nitrogens with zero attached hydrogens (tertiary/aromatic N) is 5. The number of benzene rings is 1. The van der Waals surface area contributed by atoms with E-state index in [9.17, 15) is 0 Å². The first-order valence-corrected chi connectivity index (χ1v) is 9.39. The van der Waals surface area contributed by atoms with Crippen LogP contribution in [0.5, 0.6) is 5.75 Å². The molecule has 0 spiro atoms. The van der Waals surface area contributed by atoms with Crippen LogP contribution in [-0.2, 0) is 11.3 Å². The summed E-state index contributed by atoms with van der Waals surface area (Å²) in [7, 11) is 3.31. The molecule has 1 saturated heterocycles. The van der Waals surface area contributed by atoms with Gasteiger partial charge in [-0.25, -0.2) is 0 Å².